The Morgan fingerprint density at radius 3 is 3.14 bits per heavy atom. The molecule has 1 N–H and O–H groups in total. The van der Waals surface area contributed by atoms with Gasteiger partial charge in [-0.25, -0.2) is 0 Å². The lowest BCUT2D eigenvalue weighted by molar-refractivity contribution is -0.120. The minimum atomic E-state index is 0.0605. The second-order valence-electron chi connectivity index (χ2n) is 4.71. The van der Waals surface area contributed by atoms with E-state index in [1.807, 2.05) is 6.07 Å². The number of thioether (sulfide) groups is 1. The molecule has 1 aliphatic carbocycles. The van der Waals surface area contributed by atoms with Crippen LogP contribution in [-0.2, 0) is 10.5 Å². The van der Waals surface area contributed by atoms with E-state index in [9.17, 15) is 4.79 Å². The quantitative estimate of drug-likeness (QED) is 0.505. The third kappa shape index (κ3) is 4.15. The first kappa shape index (κ1) is 14.7. The zero-order valence-electron chi connectivity index (χ0n) is 11.3. The fraction of sp³-hybridized carbons (Fsp3) is 0.357. The van der Waals surface area contributed by atoms with E-state index in [1.165, 1.54) is 16.2 Å². The Hall–Kier alpha value is -1.18. The van der Waals surface area contributed by atoms with Crippen molar-refractivity contribution in [2.24, 2.45) is 5.92 Å². The van der Waals surface area contributed by atoms with E-state index in [-0.39, 0.29) is 11.8 Å². The Kier molecular flexibility index (Phi) is 5.05. The SMILES string of the molecule is O=C(Nc1nnc(SCc2cccs2)s1)[C@@H]1CC=CCC1. The number of anilines is 1. The van der Waals surface area contributed by atoms with Gasteiger partial charge in [-0.15, -0.1) is 21.5 Å². The minimum Gasteiger partial charge on any atom is -0.300 e. The summed E-state index contributed by atoms with van der Waals surface area (Å²) < 4.78 is 0.891. The number of aromatic nitrogens is 2. The van der Waals surface area contributed by atoms with Crippen LogP contribution in [0, 0.1) is 5.92 Å². The van der Waals surface area contributed by atoms with Crippen molar-refractivity contribution in [3.05, 3.63) is 34.5 Å². The largest absolute Gasteiger partial charge is 0.300 e. The second-order valence-corrected chi connectivity index (χ2v) is 7.94. The summed E-state index contributed by atoms with van der Waals surface area (Å²) in [5.41, 5.74) is 0. The molecule has 110 valence electrons. The van der Waals surface area contributed by atoms with Gasteiger partial charge in [-0.05, 0) is 30.7 Å². The molecule has 1 amide bonds. The second kappa shape index (κ2) is 7.20. The summed E-state index contributed by atoms with van der Waals surface area (Å²) in [6, 6.07) is 4.16. The molecule has 0 radical (unpaired) electrons. The highest BCUT2D eigenvalue weighted by Crippen LogP contribution is 2.30. The average molecular weight is 337 g/mol. The molecular weight excluding hydrogens is 322 g/mol. The predicted molar refractivity (Wildman–Crippen MR) is 88.9 cm³/mol. The van der Waals surface area contributed by atoms with Crippen LogP contribution in [0.25, 0.3) is 0 Å². The maximum Gasteiger partial charge on any atom is 0.229 e. The molecule has 2 aromatic heterocycles. The standard InChI is InChI=1S/C14H15N3OS3/c18-12(10-5-2-1-3-6-10)15-13-16-17-14(21-13)20-9-11-7-4-8-19-11/h1-2,4,7-8,10H,3,5-6,9H2,(H,15,16,18)/t10-/m1/s1. The fourth-order valence-electron chi connectivity index (χ4n) is 2.09. The van der Waals surface area contributed by atoms with E-state index in [1.54, 1.807) is 23.1 Å². The summed E-state index contributed by atoms with van der Waals surface area (Å²) in [5, 5.41) is 13.7. The molecule has 1 aliphatic rings. The third-order valence-corrected chi connectivity index (χ3v) is 6.27. The number of allylic oxidation sites excluding steroid dienone is 2. The summed E-state index contributed by atoms with van der Waals surface area (Å²) in [7, 11) is 0. The van der Waals surface area contributed by atoms with Crippen molar-refractivity contribution < 1.29 is 4.79 Å². The topological polar surface area (TPSA) is 54.9 Å². The number of carbonyl (C=O) groups is 1. The lowest BCUT2D eigenvalue weighted by atomic mass is 9.94. The van der Waals surface area contributed by atoms with Crippen LogP contribution in [-0.4, -0.2) is 16.1 Å². The lowest BCUT2D eigenvalue weighted by Crippen LogP contribution is -2.23. The Morgan fingerprint density at radius 2 is 2.38 bits per heavy atom. The van der Waals surface area contributed by atoms with Gasteiger partial charge >= 0.3 is 0 Å². The smallest absolute Gasteiger partial charge is 0.229 e. The minimum absolute atomic E-state index is 0.0605. The Labute approximate surface area is 135 Å². The van der Waals surface area contributed by atoms with E-state index in [0.717, 1.165) is 29.4 Å². The van der Waals surface area contributed by atoms with Gasteiger partial charge < -0.3 is 5.32 Å². The first-order valence-corrected chi connectivity index (χ1v) is 9.44. The molecule has 0 spiro atoms. The number of nitrogens with zero attached hydrogens (tertiary/aromatic N) is 2. The summed E-state index contributed by atoms with van der Waals surface area (Å²) in [5.74, 6) is 1.03. The van der Waals surface area contributed by atoms with Gasteiger partial charge in [0.25, 0.3) is 0 Å². The molecule has 0 aromatic carbocycles. The lowest BCUT2D eigenvalue weighted by Gasteiger charge is -2.15. The zero-order chi connectivity index (χ0) is 14.5. The highest BCUT2D eigenvalue weighted by Gasteiger charge is 2.20. The summed E-state index contributed by atoms with van der Waals surface area (Å²) in [6.07, 6.45) is 6.94. The summed E-state index contributed by atoms with van der Waals surface area (Å²) in [4.78, 5) is 13.4. The monoisotopic (exact) mass is 337 g/mol. The Balaban J connectivity index is 1.52. The van der Waals surface area contributed by atoms with Crippen molar-refractivity contribution in [3.8, 4) is 0 Å². The highest BCUT2D eigenvalue weighted by atomic mass is 32.2. The van der Waals surface area contributed by atoms with E-state index < -0.39 is 0 Å². The molecule has 21 heavy (non-hydrogen) atoms. The normalized spacial score (nSPS) is 17.8. The number of nitrogens with one attached hydrogen (secondary N) is 1. The third-order valence-electron chi connectivity index (χ3n) is 3.19. The fourth-order valence-corrected chi connectivity index (χ4v) is 4.61. The van der Waals surface area contributed by atoms with Gasteiger partial charge in [0, 0.05) is 16.5 Å². The molecule has 7 heteroatoms. The number of rotatable bonds is 5. The van der Waals surface area contributed by atoms with Crippen LogP contribution in [0.5, 0.6) is 0 Å². The van der Waals surface area contributed by atoms with Crippen LogP contribution in [0.3, 0.4) is 0 Å². The molecule has 2 aromatic rings. The molecule has 0 fully saturated rings. The van der Waals surface area contributed by atoms with Crippen molar-refractivity contribution in [1.82, 2.24) is 10.2 Å². The molecule has 0 saturated carbocycles. The van der Waals surface area contributed by atoms with Crippen molar-refractivity contribution in [1.29, 1.82) is 0 Å². The number of amides is 1. The van der Waals surface area contributed by atoms with E-state index in [4.69, 9.17) is 0 Å². The number of carbonyl (C=O) groups excluding carboxylic acids is 1. The van der Waals surface area contributed by atoms with Crippen LogP contribution >= 0.6 is 34.4 Å². The molecule has 2 heterocycles. The molecule has 0 bridgehead atoms. The van der Waals surface area contributed by atoms with Crippen molar-refractivity contribution >= 4 is 45.5 Å². The maximum absolute atomic E-state index is 12.1. The van der Waals surface area contributed by atoms with Gasteiger partial charge in [-0.2, -0.15) is 0 Å². The average Bonchev–Trinajstić information content (AvgIpc) is 3.17. The van der Waals surface area contributed by atoms with Gasteiger partial charge in [-0.3, -0.25) is 4.79 Å². The van der Waals surface area contributed by atoms with Gasteiger partial charge in [0.2, 0.25) is 11.0 Å². The van der Waals surface area contributed by atoms with Crippen LogP contribution in [0.1, 0.15) is 24.1 Å². The highest BCUT2D eigenvalue weighted by molar-refractivity contribution is 8.00. The molecule has 0 unspecified atom stereocenters. The first-order chi connectivity index (χ1) is 10.3. The number of hydrogen-bond acceptors (Lipinski definition) is 6. The molecular formula is C14H15N3OS3. The molecule has 3 rings (SSSR count). The number of hydrogen-bond donors (Lipinski definition) is 1. The Bertz CT molecular complexity index is 621. The van der Waals surface area contributed by atoms with E-state index in [2.05, 4.69) is 39.1 Å². The molecule has 0 saturated heterocycles. The summed E-state index contributed by atoms with van der Waals surface area (Å²) in [6.45, 7) is 0. The first-order valence-electron chi connectivity index (χ1n) is 6.76. The van der Waals surface area contributed by atoms with Crippen LogP contribution in [0.4, 0.5) is 5.13 Å². The van der Waals surface area contributed by atoms with Crippen LogP contribution in [0.2, 0.25) is 0 Å². The van der Waals surface area contributed by atoms with Crippen LogP contribution in [0.15, 0.2) is 34.0 Å². The van der Waals surface area contributed by atoms with Crippen LogP contribution < -0.4 is 5.32 Å². The van der Waals surface area contributed by atoms with Gasteiger partial charge in [0.15, 0.2) is 4.34 Å². The van der Waals surface area contributed by atoms with Crippen molar-refractivity contribution in [2.45, 2.75) is 29.4 Å². The van der Waals surface area contributed by atoms with Crippen molar-refractivity contribution in [3.63, 3.8) is 0 Å². The zero-order valence-corrected chi connectivity index (χ0v) is 13.8. The maximum atomic E-state index is 12.1. The molecule has 0 aliphatic heterocycles. The molecule has 4 nitrogen and oxygen atoms in total. The van der Waals surface area contributed by atoms with E-state index in [0.29, 0.717) is 5.13 Å². The number of thiophene rings is 1. The Morgan fingerprint density at radius 1 is 1.43 bits per heavy atom. The van der Waals surface area contributed by atoms with Gasteiger partial charge in [-0.1, -0.05) is 41.3 Å². The predicted octanol–water partition coefficient (Wildman–Crippen LogP) is 4.19. The molecule has 1 atom stereocenters. The summed E-state index contributed by atoms with van der Waals surface area (Å²) >= 11 is 4.83. The van der Waals surface area contributed by atoms with E-state index >= 15 is 0 Å². The van der Waals surface area contributed by atoms with Gasteiger partial charge in [0.1, 0.15) is 0 Å². The van der Waals surface area contributed by atoms with Gasteiger partial charge in [0.05, 0.1) is 0 Å². The van der Waals surface area contributed by atoms with Crippen molar-refractivity contribution in [2.75, 3.05) is 5.32 Å².